The van der Waals surface area contributed by atoms with Gasteiger partial charge in [-0.25, -0.2) is 4.98 Å². The Hall–Kier alpha value is -1.62. The Labute approximate surface area is 137 Å². The Balaban J connectivity index is 1.72. The van der Waals surface area contributed by atoms with Crippen LogP contribution < -0.4 is 4.90 Å². The Bertz CT molecular complexity index is 708. The number of aryl methyl sites for hydroxylation is 1. The Morgan fingerprint density at radius 2 is 2.13 bits per heavy atom. The number of pyridine rings is 1. The van der Waals surface area contributed by atoms with Gasteiger partial charge >= 0.3 is 0 Å². The predicted octanol–water partition coefficient (Wildman–Crippen LogP) is 2.88. The second kappa shape index (κ2) is 5.48. The van der Waals surface area contributed by atoms with Gasteiger partial charge in [-0.05, 0) is 38.7 Å². The van der Waals surface area contributed by atoms with Crippen LogP contribution in [-0.2, 0) is 7.05 Å². The van der Waals surface area contributed by atoms with Gasteiger partial charge in [0.25, 0.3) is 0 Å². The zero-order chi connectivity index (χ0) is 16.0. The van der Waals surface area contributed by atoms with Gasteiger partial charge < -0.3 is 10.0 Å². The molecule has 0 aromatic carbocycles. The van der Waals surface area contributed by atoms with E-state index in [9.17, 15) is 5.11 Å². The van der Waals surface area contributed by atoms with Crippen molar-refractivity contribution < 1.29 is 5.11 Å². The van der Waals surface area contributed by atoms with E-state index in [1.807, 2.05) is 31.0 Å². The Morgan fingerprint density at radius 1 is 1.26 bits per heavy atom. The first-order valence-electron chi connectivity index (χ1n) is 8.84. The quantitative estimate of drug-likeness (QED) is 0.926. The summed E-state index contributed by atoms with van der Waals surface area (Å²) in [5.41, 5.74) is 1.63. The lowest BCUT2D eigenvalue weighted by atomic mass is 9.72. The smallest absolute Gasteiger partial charge is 0.159 e. The van der Waals surface area contributed by atoms with Crippen molar-refractivity contribution in [1.29, 1.82) is 0 Å². The maximum absolute atomic E-state index is 10.9. The second-order valence-electron chi connectivity index (χ2n) is 7.45. The van der Waals surface area contributed by atoms with E-state index in [0.29, 0.717) is 12.0 Å². The maximum atomic E-state index is 10.9. The van der Waals surface area contributed by atoms with E-state index in [-0.39, 0.29) is 0 Å². The van der Waals surface area contributed by atoms with E-state index < -0.39 is 5.60 Å². The molecule has 2 aliphatic rings. The molecule has 0 amide bonds. The van der Waals surface area contributed by atoms with E-state index in [0.717, 1.165) is 36.8 Å². The first-order valence-corrected chi connectivity index (χ1v) is 8.84. The molecule has 1 saturated heterocycles. The van der Waals surface area contributed by atoms with Crippen molar-refractivity contribution in [2.45, 2.75) is 57.1 Å². The van der Waals surface area contributed by atoms with Crippen LogP contribution in [0.3, 0.4) is 0 Å². The number of aromatic nitrogens is 3. The largest absolute Gasteiger partial charge is 0.390 e. The SMILES string of the molecule is Cn1ncc2c(N3CCC[C@@H]3[C@@H]3CCCC[C@]3(C)O)ccnc21. The number of rotatable bonds is 2. The van der Waals surface area contributed by atoms with E-state index in [1.165, 1.54) is 24.9 Å². The molecule has 4 rings (SSSR count). The number of hydrogen-bond donors (Lipinski definition) is 1. The third-order valence-corrected chi connectivity index (χ3v) is 5.93. The summed E-state index contributed by atoms with van der Waals surface area (Å²) in [5, 5.41) is 16.4. The average molecular weight is 314 g/mol. The number of fused-ring (bicyclic) bond motifs is 1. The van der Waals surface area contributed by atoms with Crippen LogP contribution in [0.1, 0.15) is 45.4 Å². The van der Waals surface area contributed by atoms with Crippen LogP contribution in [0.4, 0.5) is 5.69 Å². The lowest BCUT2D eigenvalue weighted by molar-refractivity contribution is -0.0410. The molecular weight excluding hydrogens is 288 g/mol. The fraction of sp³-hybridized carbons (Fsp3) is 0.667. The maximum Gasteiger partial charge on any atom is 0.159 e. The highest BCUT2D eigenvalue weighted by Gasteiger charge is 2.43. The molecule has 0 radical (unpaired) electrons. The standard InChI is InChI=1S/C18H26N4O/c1-18(23)9-4-3-6-14(18)16-7-5-11-22(16)15-8-10-19-17-13(15)12-20-21(17)2/h8,10,12,14,16,23H,3-7,9,11H2,1-2H3/t14-,16+,18-/m0/s1. The molecule has 3 heterocycles. The van der Waals surface area contributed by atoms with E-state index >= 15 is 0 Å². The van der Waals surface area contributed by atoms with Crippen LogP contribution in [-0.4, -0.2) is 38.1 Å². The third kappa shape index (κ3) is 2.42. The van der Waals surface area contributed by atoms with Gasteiger partial charge in [-0.1, -0.05) is 12.8 Å². The van der Waals surface area contributed by atoms with Crippen LogP contribution in [0.5, 0.6) is 0 Å². The van der Waals surface area contributed by atoms with Gasteiger partial charge in [0.2, 0.25) is 0 Å². The summed E-state index contributed by atoms with van der Waals surface area (Å²) in [7, 11) is 1.94. The van der Waals surface area contributed by atoms with Crippen molar-refractivity contribution in [1.82, 2.24) is 14.8 Å². The van der Waals surface area contributed by atoms with Crippen molar-refractivity contribution in [3.8, 4) is 0 Å². The summed E-state index contributed by atoms with van der Waals surface area (Å²) >= 11 is 0. The first-order chi connectivity index (χ1) is 11.1. The summed E-state index contributed by atoms with van der Waals surface area (Å²) in [5.74, 6) is 0.360. The highest BCUT2D eigenvalue weighted by atomic mass is 16.3. The van der Waals surface area contributed by atoms with Gasteiger partial charge in [0, 0.05) is 31.7 Å². The fourth-order valence-corrected chi connectivity index (χ4v) is 4.74. The molecule has 124 valence electrons. The first kappa shape index (κ1) is 14.9. The van der Waals surface area contributed by atoms with Crippen molar-refractivity contribution in [3.63, 3.8) is 0 Å². The van der Waals surface area contributed by atoms with Crippen LogP contribution in [0.2, 0.25) is 0 Å². The van der Waals surface area contributed by atoms with Crippen LogP contribution in [0.15, 0.2) is 18.5 Å². The van der Waals surface area contributed by atoms with Gasteiger partial charge in [-0.3, -0.25) is 4.68 Å². The minimum Gasteiger partial charge on any atom is -0.390 e. The molecule has 1 saturated carbocycles. The lowest BCUT2D eigenvalue weighted by Crippen LogP contribution is -2.49. The molecule has 0 spiro atoms. The molecule has 1 aliphatic carbocycles. The molecule has 0 bridgehead atoms. The van der Waals surface area contributed by atoms with Gasteiger partial charge in [-0.15, -0.1) is 0 Å². The Kier molecular flexibility index (Phi) is 3.56. The molecule has 2 aromatic rings. The van der Waals surface area contributed by atoms with Crippen LogP contribution in [0.25, 0.3) is 11.0 Å². The molecule has 5 heteroatoms. The molecular formula is C18H26N4O. The van der Waals surface area contributed by atoms with Gasteiger partial charge in [0.15, 0.2) is 5.65 Å². The van der Waals surface area contributed by atoms with Crippen molar-refractivity contribution in [2.75, 3.05) is 11.4 Å². The molecule has 23 heavy (non-hydrogen) atoms. The highest BCUT2D eigenvalue weighted by Crippen LogP contribution is 2.43. The van der Waals surface area contributed by atoms with E-state index in [4.69, 9.17) is 0 Å². The predicted molar refractivity (Wildman–Crippen MR) is 91.5 cm³/mol. The second-order valence-corrected chi connectivity index (χ2v) is 7.45. The zero-order valence-corrected chi connectivity index (χ0v) is 14.1. The summed E-state index contributed by atoms with van der Waals surface area (Å²) < 4.78 is 1.83. The summed E-state index contributed by atoms with van der Waals surface area (Å²) in [4.78, 5) is 6.97. The Morgan fingerprint density at radius 3 is 2.96 bits per heavy atom. The van der Waals surface area contributed by atoms with Gasteiger partial charge in [-0.2, -0.15) is 5.10 Å². The molecule has 5 nitrogen and oxygen atoms in total. The average Bonchev–Trinajstić information content (AvgIpc) is 3.14. The zero-order valence-electron chi connectivity index (χ0n) is 14.1. The summed E-state index contributed by atoms with van der Waals surface area (Å²) in [6.07, 6.45) is 10.6. The van der Waals surface area contributed by atoms with Gasteiger partial charge in [0.1, 0.15) is 0 Å². The number of anilines is 1. The van der Waals surface area contributed by atoms with Crippen molar-refractivity contribution in [3.05, 3.63) is 18.5 Å². The molecule has 3 atom stereocenters. The normalized spacial score (nSPS) is 31.9. The minimum atomic E-state index is -0.535. The highest BCUT2D eigenvalue weighted by molar-refractivity contribution is 5.89. The molecule has 2 aromatic heterocycles. The number of nitrogens with zero attached hydrogens (tertiary/aromatic N) is 4. The fourth-order valence-electron chi connectivity index (χ4n) is 4.74. The van der Waals surface area contributed by atoms with Crippen molar-refractivity contribution >= 4 is 16.7 Å². The number of aliphatic hydroxyl groups is 1. The summed E-state index contributed by atoms with van der Waals surface area (Å²) in [6.45, 7) is 3.10. The number of hydrogen-bond acceptors (Lipinski definition) is 4. The molecule has 2 fully saturated rings. The molecule has 0 unspecified atom stereocenters. The molecule has 1 N–H and O–H groups in total. The van der Waals surface area contributed by atoms with Crippen molar-refractivity contribution in [2.24, 2.45) is 13.0 Å². The van der Waals surface area contributed by atoms with Crippen LogP contribution in [0, 0.1) is 5.92 Å². The van der Waals surface area contributed by atoms with Gasteiger partial charge in [0.05, 0.1) is 22.9 Å². The van der Waals surface area contributed by atoms with Crippen LogP contribution >= 0.6 is 0 Å². The monoisotopic (exact) mass is 314 g/mol. The topological polar surface area (TPSA) is 54.2 Å². The third-order valence-electron chi connectivity index (χ3n) is 5.93. The van der Waals surface area contributed by atoms with E-state index in [2.05, 4.69) is 21.0 Å². The van der Waals surface area contributed by atoms with E-state index in [1.54, 1.807) is 0 Å². The lowest BCUT2D eigenvalue weighted by Gasteiger charge is -2.44. The summed E-state index contributed by atoms with van der Waals surface area (Å²) in [6, 6.07) is 2.54. The molecule has 1 aliphatic heterocycles. The minimum absolute atomic E-state index is 0.360.